The Labute approximate surface area is 155 Å². The maximum Gasteiger partial charge on any atom is 0.433 e. The lowest BCUT2D eigenvalue weighted by Crippen LogP contribution is -2.26. The minimum Gasteiger partial charge on any atom is -0.395 e. The van der Waals surface area contributed by atoms with Crippen LogP contribution in [0.15, 0.2) is 34.9 Å². The lowest BCUT2D eigenvalue weighted by atomic mass is 10.2. The summed E-state index contributed by atoms with van der Waals surface area (Å²) in [5.41, 5.74) is 0.909. The molecule has 2 heterocycles. The van der Waals surface area contributed by atoms with Crippen molar-refractivity contribution in [2.75, 3.05) is 13.1 Å². The van der Waals surface area contributed by atoms with Crippen LogP contribution in [0.5, 0.6) is 0 Å². The number of carbonyl (C=O) groups excluding carboxylic acids is 2. The Balaban J connectivity index is 1.58. The van der Waals surface area contributed by atoms with Crippen molar-refractivity contribution in [1.82, 2.24) is 15.6 Å². The number of nitrogens with zero attached hydrogens (tertiary/aromatic N) is 2. The molecule has 27 heavy (non-hydrogen) atoms. The number of pyridine rings is 1. The maximum atomic E-state index is 11.9. The molecule has 0 spiro atoms. The fourth-order valence-electron chi connectivity index (χ4n) is 2.17. The molecule has 0 aliphatic carbocycles. The molecular formula is C18H18N4O5. The zero-order chi connectivity index (χ0) is 19.6. The molecule has 0 bridgehead atoms. The number of nitro groups is 1. The van der Waals surface area contributed by atoms with Gasteiger partial charge in [-0.15, -0.1) is 6.42 Å². The standard InChI is InChI=1S/C18H18N4O5/c1-2-13-6-7-14(21-12-13)17(23)19-10-4-3-5-11-20-18(24)15-8-9-16(27-15)22(25)26/h1,6-9,12H,3-5,10-11H2,(H,19,23)(H,20,24). The van der Waals surface area contributed by atoms with Gasteiger partial charge >= 0.3 is 5.88 Å². The third kappa shape index (κ3) is 5.97. The van der Waals surface area contributed by atoms with Crippen LogP contribution in [-0.4, -0.2) is 34.8 Å². The Hall–Kier alpha value is -3.67. The van der Waals surface area contributed by atoms with Crippen molar-refractivity contribution >= 4 is 17.7 Å². The molecule has 140 valence electrons. The van der Waals surface area contributed by atoms with Gasteiger partial charge in [0.25, 0.3) is 11.8 Å². The number of hydrogen-bond donors (Lipinski definition) is 2. The Morgan fingerprint density at radius 2 is 1.81 bits per heavy atom. The van der Waals surface area contributed by atoms with Gasteiger partial charge in [-0.3, -0.25) is 19.7 Å². The second-order valence-electron chi connectivity index (χ2n) is 5.54. The number of rotatable bonds is 9. The zero-order valence-corrected chi connectivity index (χ0v) is 14.4. The maximum absolute atomic E-state index is 11.9. The van der Waals surface area contributed by atoms with Gasteiger partial charge in [0.05, 0.1) is 6.07 Å². The van der Waals surface area contributed by atoms with Crippen LogP contribution in [-0.2, 0) is 0 Å². The number of carbonyl (C=O) groups is 2. The number of hydrogen-bond acceptors (Lipinski definition) is 6. The van der Waals surface area contributed by atoms with Gasteiger partial charge in [0.2, 0.25) is 0 Å². The van der Waals surface area contributed by atoms with Crippen LogP contribution < -0.4 is 10.6 Å². The SMILES string of the molecule is C#Cc1ccc(C(=O)NCCCCCNC(=O)c2ccc([N+](=O)[O-])o2)nc1. The molecule has 0 saturated carbocycles. The van der Waals surface area contributed by atoms with E-state index in [1.165, 1.54) is 12.3 Å². The molecule has 0 unspecified atom stereocenters. The van der Waals surface area contributed by atoms with Crippen molar-refractivity contribution in [1.29, 1.82) is 0 Å². The molecule has 2 aromatic rings. The molecule has 2 aromatic heterocycles. The van der Waals surface area contributed by atoms with Crippen molar-refractivity contribution in [3.63, 3.8) is 0 Å². The lowest BCUT2D eigenvalue weighted by molar-refractivity contribution is -0.402. The topological polar surface area (TPSA) is 127 Å². The van der Waals surface area contributed by atoms with Gasteiger partial charge in [-0.2, -0.15) is 0 Å². The molecule has 2 N–H and O–H groups in total. The number of aromatic nitrogens is 1. The first kappa shape index (κ1) is 19.7. The predicted molar refractivity (Wildman–Crippen MR) is 96.1 cm³/mol. The third-order valence-electron chi connectivity index (χ3n) is 3.58. The number of unbranched alkanes of at least 4 members (excludes halogenated alkanes) is 2. The Bertz CT molecular complexity index is 851. The van der Waals surface area contributed by atoms with E-state index in [1.807, 2.05) is 0 Å². The summed E-state index contributed by atoms with van der Waals surface area (Å²) in [6, 6.07) is 5.61. The highest BCUT2D eigenvalue weighted by molar-refractivity contribution is 5.92. The largest absolute Gasteiger partial charge is 0.433 e. The van der Waals surface area contributed by atoms with Crippen LogP contribution in [0.25, 0.3) is 0 Å². The fourth-order valence-corrected chi connectivity index (χ4v) is 2.17. The van der Waals surface area contributed by atoms with Gasteiger partial charge in [-0.05, 0) is 37.5 Å². The summed E-state index contributed by atoms with van der Waals surface area (Å²) in [6.45, 7) is 0.881. The van der Waals surface area contributed by atoms with Gasteiger partial charge in [0, 0.05) is 24.8 Å². The van der Waals surface area contributed by atoms with Crippen LogP contribution in [0, 0.1) is 22.5 Å². The second kappa shape index (κ2) is 9.72. The monoisotopic (exact) mass is 370 g/mol. The Morgan fingerprint density at radius 3 is 2.37 bits per heavy atom. The highest BCUT2D eigenvalue weighted by atomic mass is 16.6. The van der Waals surface area contributed by atoms with Crippen LogP contribution in [0.1, 0.15) is 45.9 Å². The Kier molecular flexibility index (Phi) is 7.07. The summed E-state index contributed by atoms with van der Waals surface area (Å²) >= 11 is 0. The third-order valence-corrected chi connectivity index (χ3v) is 3.58. The molecule has 0 aliphatic rings. The molecule has 2 rings (SSSR count). The molecule has 9 nitrogen and oxygen atoms in total. The predicted octanol–water partition coefficient (Wildman–Crippen LogP) is 1.89. The summed E-state index contributed by atoms with van der Waals surface area (Å²) in [7, 11) is 0. The number of furan rings is 1. The fraction of sp³-hybridized carbons (Fsp3) is 0.278. The Morgan fingerprint density at radius 1 is 1.11 bits per heavy atom. The van der Waals surface area contributed by atoms with E-state index in [2.05, 4.69) is 21.5 Å². The molecule has 0 fully saturated rings. The summed E-state index contributed by atoms with van der Waals surface area (Å²) in [5.74, 6) is 1.08. The van der Waals surface area contributed by atoms with E-state index >= 15 is 0 Å². The van der Waals surface area contributed by atoms with Gasteiger partial charge in [0.15, 0.2) is 5.76 Å². The summed E-state index contributed by atoms with van der Waals surface area (Å²) < 4.78 is 4.81. The second-order valence-corrected chi connectivity index (χ2v) is 5.54. The first-order valence-corrected chi connectivity index (χ1v) is 8.24. The van der Waals surface area contributed by atoms with Crippen molar-refractivity contribution < 1.29 is 18.9 Å². The zero-order valence-electron chi connectivity index (χ0n) is 14.4. The quantitative estimate of drug-likeness (QED) is 0.300. The average molecular weight is 370 g/mol. The number of nitrogens with one attached hydrogen (secondary N) is 2. The van der Waals surface area contributed by atoms with Crippen molar-refractivity contribution in [3.8, 4) is 12.3 Å². The molecule has 0 saturated heterocycles. The molecule has 0 radical (unpaired) electrons. The van der Waals surface area contributed by atoms with Crippen LogP contribution in [0.4, 0.5) is 5.88 Å². The molecule has 9 heteroatoms. The van der Waals surface area contributed by atoms with Gasteiger partial charge in [-0.1, -0.05) is 5.92 Å². The number of amides is 2. The van der Waals surface area contributed by atoms with E-state index in [1.54, 1.807) is 12.1 Å². The van der Waals surface area contributed by atoms with Crippen LogP contribution in [0.3, 0.4) is 0 Å². The van der Waals surface area contributed by atoms with E-state index in [4.69, 9.17) is 10.8 Å². The summed E-state index contributed by atoms with van der Waals surface area (Å²) in [5, 5.41) is 15.9. The van der Waals surface area contributed by atoms with E-state index in [9.17, 15) is 19.7 Å². The molecule has 0 aliphatic heterocycles. The first-order chi connectivity index (χ1) is 13.0. The number of terminal acetylenes is 1. The van der Waals surface area contributed by atoms with Crippen LogP contribution in [0.2, 0.25) is 0 Å². The van der Waals surface area contributed by atoms with E-state index in [0.29, 0.717) is 30.8 Å². The van der Waals surface area contributed by atoms with Crippen LogP contribution >= 0.6 is 0 Å². The highest BCUT2D eigenvalue weighted by Gasteiger charge is 2.16. The molecular weight excluding hydrogens is 352 g/mol. The molecule has 0 atom stereocenters. The van der Waals surface area contributed by atoms with Crippen molar-refractivity contribution in [2.24, 2.45) is 0 Å². The minimum absolute atomic E-state index is 0.0997. The summed E-state index contributed by atoms with van der Waals surface area (Å²) in [4.78, 5) is 37.4. The first-order valence-electron chi connectivity index (χ1n) is 8.24. The van der Waals surface area contributed by atoms with E-state index in [0.717, 1.165) is 18.9 Å². The van der Waals surface area contributed by atoms with Gasteiger partial charge in [0.1, 0.15) is 10.6 Å². The smallest absolute Gasteiger partial charge is 0.395 e. The van der Waals surface area contributed by atoms with Crippen molar-refractivity contribution in [2.45, 2.75) is 19.3 Å². The lowest BCUT2D eigenvalue weighted by Gasteiger charge is -2.05. The highest BCUT2D eigenvalue weighted by Crippen LogP contribution is 2.15. The summed E-state index contributed by atoms with van der Waals surface area (Å²) in [6.07, 6.45) is 8.90. The van der Waals surface area contributed by atoms with Crippen molar-refractivity contribution in [3.05, 3.63) is 57.6 Å². The minimum atomic E-state index is -0.704. The van der Waals surface area contributed by atoms with Gasteiger partial charge < -0.3 is 15.1 Å². The van der Waals surface area contributed by atoms with E-state index < -0.39 is 16.7 Å². The normalized spacial score (nSPS) is 10.0. The molecule has 0 aromatic carbocycles. The molecule has 2 amide bonds. The average Bonchev–Trinajstić information content (AvgIpc) is 3.17. The van der Waals surface area contributed by atoms with Gasteiger partial charge in [-0.25, -0.2) is 4.98 Å². The van der Waals surface area contributed by atoms with E-state index in [-0.39, 0.29) is 11.7 Å².